The Morgan fingerprint density at radius 3 is 2.65 bits per heavy atom. The van der Waals surface area contributed by atoms with E-state index < -0.39 is 5.97 Å². The number of carbonyl (C=O) groups is 2. The van der Waals surface area contributed by atoms with Crippen molar-refractivity contribution in [3.8, 4) is 5.75 Å². The Morgan fingerprint density at radius 1 is 1.11 bits per heavy atom. The number of nitrogens with one attached hydrogen (secondary N) is 1. The van der Waals surface area contributed by atoms with Crippen molar-refractivity contribution < 1.29 is 23.5 Å². The first-order valence-electron chi connectivity index (χ1n) is 12.0. The number of hydrogen-bond acceptors (Lipinski definition) is 7. The van der Waals surface area contributed by atoms with Crippen molar-refractivity contribution in [3.05, 3.63) is 80.1 Å². The summed E-state index contributed by atoms with van der Waals surface area (Å²) in [5.41, 5.74) is 3.04. The molecule has 1 amide bonds. The van der Waals surface area contributed by atoms with Crippen molar-refractivity contribution in [2.75, 3.05) is 19.0 Å². The fourth-order valence-corrected chi connectivity index (χ4v) is 5.98. The number of rotatable bonds is 6. The van der Waals surface area contributed by atoms with Crippen LogP contribution in [0.3, 0.4) is 0 Å². The second kappa shape index (κ2) is 10.9. The third-order valence-corrected chi connectivity index (χ3v) is 7.82. The Bertz CT molecular complexity index is 1560. The minimum Gasteiger partial charge on any atom is -0.497 e. The lowest BCUT2D eigenvalue weighted by molar-refractivity contribution is 0.0526. The maximum atomic E-state index is 13.5. The number of carbonyl (C=O) groups excluding carboxylic acids is 2. The summed E-state index contributed by atoms with van der Waals surface area (Å²) < 4.78 is 17.6. The van der Waals surface area contributed by atoms with Crippen LogP contribution in [0.5, 0.6) is 5.75 Å². The van der Waals surface area contributed by atoms with Crippen molar-refractivity contribution in [3.63, 3.8) is 0 Å². The monoisotopic (exact) mass is 580 g/mol. The summed E-state index contributed by atoms with van der Waals surface area (Å²) in [7, 11) is 1.59. The number of thiophene rings is 1. The number of anilines is 1. The minimum absolute atomic E-state index is 0.130. The zero-order valence-electron chi connectivity index (χ0n) is 20.4. The molecule has 0 unspecified atom stereocenters. The zero-order chi connectivity index (χ0) is 25.9. The average molecular weight is 581 g/mol. The van der Waals surface area contributed by atoms with Crippen LogP contribution in [0.25, 0.3) is 11.0 Å². The van der Waals surface area contributed by atoms with Gasteiger partial charge in [-0.05, 0) is 86.7 Å². The van der Waals surface area contributed by atoms with Gasteiger partial charge in [0.2, 0.25) is 5.55 Å². The van der Waals surface area contributed by atoms with E-state index >= 15 is 0 Å². The first kappa shape index (κ1) is 25.2. The van der Waals surface area contributed by atoms with Crippen LogP contribution < -0.4 is 15.6 Å². The van der Waals surface area contributed by atoms with E-state index in [1.165, 1.54) is 11.3 Å². The van der Waals surface area contributed by atoms with E-state index in [-0.39, 0.29) is 23.6 Å². The molecule has 0 saturated carbocycles. The predicted molar refractivity (Wildman–Crippen MR) is 147 cm³/mol. The molecule has 2 aromatic carbocycles. The number of fused-ring (bicyclic) bond motifs is 2. The number of halogens is 1. The van der Waals surface area contributed by atoms with Crippen LogP contribution in [0, 0.1) is 0 Å². The van der Waals surface area contributed by atoms with Gasteiger partial charge in [-0.15, -0.1) is 11.3 Å². The second-order valence-electron chi connectivity index (χ2n) is 8.55. The molecule has 0 bridgehead atoms. The maximum absolute atomic E-state index is 13.5. The normalized spacial score (nSPS) is 13.3. The highest BCUT2D eigenvalue weighted by Gasteiger charge is 2.27. The summed E-state index contributed by atoms with van der Waals surface area (Å²) in [6.07, 6.45) is 3.79. The average Bonchev–Trinajstić information content (AvgIpc) is 3.27. The summed E-state index contributed by atoms with van der Waals surface area (Å²) in [5, 5.41) is 4.15. The van der Waals surface area contributed by atoms with Gasteiger partial charge in [-0.25, -0.2) is 9.79 Å². The Kier molecular flexibility index (Phi) is 7.43. The van der Waals surface area contributed by atoms with Crippen LogP contribution in [0.1, 0.15) is 50.9 Å². The number of methoxy groups -OCH3 is 1. The van der Waals surface area contributed by atoms with Crippen molar-refractivity contribution in [2.24, 2.45) is 4.99 Å². The van der Waals surface area contributed by atoms with Gasteiger partial charge in [0.25, 0.3) is 5.91 Å². The molecule has 37 heavy (non-hydrogen) atoms. The number of hydrogen-bond donors (Lipinski definition) is 1. The minimum atomic E-state index is -0.394. The molecule has 1 aliphatic rings. The number of nitrogens with zero attached hydrogens (tertiary/aromatic N) is 1. The molecule has 9 heteroatoms. The molecule has 190 valence electrons. The summed E-state index contributed by atoms with van der Waals surface area (Å²) in [5.74, 6) is -0.0875. The van der Waals surface area contributed by atoms with Gasteiger partial charge in [-0.2, -0.15) is 0 Å². The largest absolute Gasteiger partial charge is 0.497 e. The first-order chi connectivity index (χ1) is 18.0. The van der Waals surface area contributed by atoms with Gasteiger partial charge < -0.3 is 19.2 Å². The highest BCUT2D eigenvalue weighted by atomic mass is 79.9. The highest BCUT2D eigenvalue weighted by molar-refractivity contribution is 9.10. The van der Waals surface area contributed by atoms with Gasteiger partial charge in [-0.3, -0.25) is 4.79 Å². The molecule has 0 fully saturated rings. The molecule has 4 aromatic rings. The molecule has 1 aliphatic carbocycles. The molecule has 5 rings (SSSR count). The van der Waals surface area contributed by atoms with Crippen LogP contribution >= 0.6 is 27.3 Å². The number of amides is 1. The molecular weight excluding hydrogens is 556 g/mol. The van der Waals surface area contributed by atoms with Crippen molar-refractivity contribution in [1.82, 2.24) is 0 Å². The van der Waals surface area contributed by atoms with Gasteiger partial charge in [0, 0.05) is 20.4 Å². The molecule has 7 nitrogen and oxygen atoms in total. The van der Waals surface area contributed by atoms with Crippen molar-refractivity contribution >= 4 is 60.8 Å². The van der Waals surface area contributed by atoms with Crippen molar-refractivity contribution in [1.29, 1.82) is 0 Å². The Balaban J connectivity index is 1.66. The quantitative estimate of drug-likeness (QED) is 0.253. The van der Waals surface area contributed by atoms with Gasteiger partial charge in [0.15, 0.2) is 0 Å². The van der Waals surface area contributed by atoms with E-state index in [4.69, 9.17) is 18.9 Å². The standard InChI is InChI=1S/C28H25BrN2O5S/c1-3-35-28(33)24-20-6-4-5-7-23(20)37-27(24)31-26-21(15-16-14-17(29)8-13-22(16)36-26)25(32)30-18-9-11-19(34-2)12-10-18/h8-15H,3-7H2,1-2H3,(H,30,32). The fourth-order valence-electron chi connectivity index (χ4n) is 4.36. The van der Waals surface area contributed by atoms with Crippen LogP contribution in [-0.4, -0.2) is 25.6 Å². The van der Waals surface area contributed by atoms with E-state index in [2.05, 4.69) is 21.2 Å². The molecule has 0 saturated heterocycles. The van der Waals surface area contributed by atoms with E-state index in [0.717, 1.165) is 46.0 Å². The fraction of sp³-hybridized carbons (Fsp3) is 0.250. The van der Waals surface area contributed by atoms with E-state index in [1.54, 1.807) is 44.4 Å². The molecular formula is C28H25BrN2O5S. The second-order valence-corrected chi connectivity index (χ2v) is 10.6. The molecule has 0 atom stereocenters. The maximum Gasteiger partial charge on any atom is 0.341 e. The SMILES string of the molecule is CCOC(=O)c1c(N=c2oc3ccc(Br)cc3cc2C(=O)Nc2ccc(OC)cc2)sc2c1CCCC2. The Morgan fingerprint density at radius 2 is 1.89 bits per heavy atom. The van der Waals surface area contributed by atoms with Gasteiger partial charge >= 0.3 is 5.97 Å². The summed E-state index contributed by atoms with van der Waals surface area (Å²) in [6, 6.07) is 14.4. The van der Waals surface area contributed by atoms with E-state index in [1.807, 2.05) is 18.2 Å². The lowest BCUT2D eigenvalue weighted by Crippen LogP contribution is -2.21. The molecule has 0 aliphatic heterocycles. The lowest BCUT2D eigenvalue weighted by Gasteiger charge is -2.11. The van der Waals surface area contributed by atoms with Crippen molar-refractivity contribution in [2.45, 2.75) is 32.6 Å². The third kappa shape index (κ3) is 5.33. The van der Waals surface area contributed by atoms with E-state index in [0.29, 0.717) is 27.6 Å². The first-order valence-corrected chi connectivity index (χ1v) is 13.6. The topological polar surface area (TPSA) is 90.1 Å². The lowest BCUT2D eigenvalue weighted by atomic mass is 9.95. The Hall–Kier alpha value is -3.43. The van der Waals surface area contributed by atoms with Crippen LogP contribution in [0.4, 0.5) is 10.7 Å². The molecule has 2 heterocycles. The molecule has 0 spiro atoms. The molecule has 1 N–H and O–H groups in total. The van der Waals surface area contributed by atoms with Crippen LogP contribution in [0.15, 0.2) is 62.4 Å². The van der Waals surface area contributed by atoms with E-state index in [9.17, 15) is 9.59 Å². The number of ether oxygens (including phenoxy) is 2. The number of aryl methyl sites for hydroxylation is 1. The summed E-state index contributed by atoms with van der Waals surface area (Å²) >= 11 is 4.95. The Labute approximate surface area is 226 Å². The molecule has 2 aromatic heterocycles. The van der Waals surface area contributed by atoms with Gasteiger partial charge in [0.1, 0.15) is 21.9 Å². The number of esters is 1. The zero-order valence-corrected chi connectivity index (χ0v) is 22.8. The van der Waals surface area contributed by atoms with Crippen LogP contribution in [-0.2, 0) is 17.6 Å². The summed E-state index contributed by atoms with van der Waals surface area (Å²) in [6.45, 7) is 2.06. The highest BCUT2D eigenvalue weighted by Crippen LogP contribution is 2.40. The smallest absolute Gasteiger partial charge is 0.341 e. The van der Waals surface area contributed by atoms with Gasteiger partial charge in [0.05, 0.1) is 19.3 Å². The predicted octanol–water partition coefficient (Wildman–Crippen LogP) is 6.81. The third-order valence-electron chi connectivity index (χ3n) is 6.14. The number of benzene rings is 2. The molecule has 0 radical (unpaired) electrons. The van der Waals surface area contributed by atoms with Gasteiger partial charge in [-0.1, -0.05) is 15.9 Å². The summed E-state index contributed by atoms with van der Waals surface area (Å²) in [4.78, 5) is 32.3. The van der Waals surface area contributed by atoms with Crippen LogP contribution in [0.2, 0.25) is 0 Å².